The van der Waals surface area contributed by atoms with Gasteiger partial charge in [0.05, 0.1) is 12.3 Å². The van der Waals surface area contributed by atoms with E-state index in [1.165, 1.54) is 25.0 Å². The highest BCUT2D eigenvalue weighted by Crippen LogP contribution is 2.34. The van der Waals surface area contributed by atoms with Gasteiger partial charge in [0.15, 0.2) is 0 Å². The summed E-state index contributed by atoms with van der Waals surface area (Å²) in [5.41, 5.74) is 1.17. The van der Waals surface area contributed by atoms with Crippen LogP contribution in [0.5, 0.6) is 0 Å². The summed E-state index contributed by atoms with van der Waals surface area (Å²) in [4.78, 5) is 30.8. The molecule has 0 spiro atoms. The quantitative estimate of drug-likeness (QED) is 0.707. The van der Waals surface area contributed by atoms with Crippen molar-refractivity contribution in [3.05, 3.63) is 35.6 Å². The number of carbonyl (C=O) groups excluding carboxylic acids is 1. The second-order valence-electron chi connectivity index (χ2n) is 7.94. The van der Waals surface area contributed by atoms with Crippen molar-refractivity contribution in [2.45, 2.75) is 50.3 Å². The highest BCUT2D eigenvalue weighted by molar-refractivity contribution is 6.04. The molecule has 28 heavy (non-hydrogen) atoms. The Kier molecular flexibility index (Phi) is 5.30. The lowest BCUT2D eigenvalue weighted by atomic mass is 9.85. The fraction of sp³-hybridized carbons (Fsp3) is 0.550. The zero-order chi connectivity index (χ0) is 19.7. The molecule has 150 valence electrons. The van der Waals surface area contributed by atoms with E-state index in [1.54, 1.807) is 12.1 Å². The van der Waals surface area contributed by atoms with Crippen LogP contribution in [0, 0.1) is 11.7 Å². The molecule has 1 aromatic carbocycles. The topological polar surface area (TPSA) is 91.2 Å². The van der Waals surface area contributed by atoms with E-state index in [0.717, 1.165) is 19.4 Å². The number of carboxylic acids is 1. The summed E-state index contributed by atoms with van der Waals surface area (Å²) in [6.45, 7) is 0.882. The lowest BCUT2D eigenvalue weighted by Crippen LogP contribution is -2.56. The first-order valence-corrected chi connectivity index (χ1v) is 9.73. The summed E-state index contributed by atoms with van der Waals surface area (Å²) < 4.78 is 13.3. The molecule has 2 fully saturated rings. The third-order valence-corrected chi connectivity index (χ3v) is 5.62. The molecule has 1 heterocycles. The highest BCUT2D eigenvalue weighted by atomic mass is 19.1. The molecule has 1 amide bonds. The fourth-order valence-electron chi connectivity index (χ4n) is 3.80. The Hall–Kier alpha value is -2.48. The number of oxime groups is 1. The Bertz CT molecular complexity index is 789. The van der Waals surface area contributed by atoms with Crippen molar-refractivity contribution < 1.29 is 23.9 Å². The van der Waals surface area contributed by atoms with Crippen molar-refractivity contribution in [1.29, 1.82) is 0 Å². The van der Waals surface area contributed by atoms with Gasteiger partial charge in [-0.1, -0.05) is 17.3 Å². The molecular formula is C20H24FN3O4. The highest BCUT2D eigenvalue weighted by Gasteiger charge is 2.39. The number of carboxylic acid groups (broad SMARTS) is 1. The fourth-order valence-corrected chi connectivity index (χ4v) is 3.80. The normalized spacial score (nSPS) is 26.4. The second-order valence-corrected chi connectivity index (χ2v) is 7.94. The zero-order valence-electron chi connectivity index (χ0n) is 15.5. The van der Waals surface area contributed by atoms with Crippen LogP contribution in [0.25, 0.3) is 0 Å². The first-order chi connectivity index (χ1) is 13.5. The minimum Gasteiger partial charge on any atom is -0.480 e. The monoisotopic (exact) mass is 389 g/mol. The first-order valence-electron chi connectivity index (χ1n) is 9.73. The molecule has 8 heteroatoms. The number of rotatable bonds is 8. The van der Waals surface area contributed by atoms with Crippen LogP contribution in [0.4, 0.5) is 4.39 Å². The molecule has 2 saturated carbocycles. The average molecular weight is 389 g/mol. The zero-order valence-corrected chi connectivity index (χ0v) is 15.5. The molecule has 3 aliphatic rings. The van der Waals surface area contributed by atoms with E-state index >= 15 is 0 Å². The summed E-state index contributed by atoms with van der Waals surface area (Å²) in [6.07, 6.45) is 3.44. The minimum absolute atomic E-state index is 0.0230. The molecule has 1 unspecified atom stereocenters. The standard InChI is InChI=1S/C20H24FN3O4/c21-14-3-1-2-13(6-14)17-9-18(28-23-17)20(27)22-15-7-16(8-15)24(11-19(25)26)10-12-4-5-12/h1-3,6,12,15-16,18H,4-5,7-11H2,(H,22,27)(H,25,26). The van der Waals surface area contributed by atoms with Gasteiger partial charge in [-0.2, -0.15) is 0 Å². The van der Waals surface area contributed by atoms with Crippen LogP contribution in [0.3, 0.4) is 0 Å². The van der Waals surface area contributed by atoms with Gasteiger partial charge in [-0.25, -0.2) is 4.39 Å². The average Bonchev–Trinajstić information content (AvgIpc) is 3.28. The van der Waals surface area contributed by atoms with E-state index in [0.29, 0.717) is 23.6 Å². The predicted molar refractivity (Wildman–Crippen MR) is 99.3 cm³/mol. The van der Waals surface area contributed by atoms with E-state index < -0.39 is 12.1 Å². The molecule has 2 N–H and O–H groups in total. The number of halogens is 1. The van der Waals surface area contributed by atoms with E-state index in [2.05, 4.69) is 10.5 Å². The van der Waals surface area contributed by atoms with Crippen LogP contribution in [-0.2, 0) is 14.4 Å². The van der Waals surface area contributed by atoms with Crippen LogP contribution in [0.15, 0.2) is 29.4 Å². The molecule has 2 aliphatic carbocycles. The molecule has 1 aromatic rings. The Labute approximate surface area is 162 Å². The van der Waals surface area contributed by atoms with Crippen molar-refractivity contribution in [3.63, 3.8) is 0 Å². The second kappa shape index (κ2) is 7.87. The van der Waals surface area contributed by atoms with Gasteiger partial charge in [-0.3, -0.25) is 14.5 Å². The molecule has 1 atom stereocenters. The number of hydrogen-bond donors (Lipinski definition) is 2. The summed E-state index contributed by atoms with van der Waals surface area (Å²) in [7, 11) is 0. The van der Waals surface area contributed by atoms with Gasteiger partial charge in [-0.15, -0.1) is 0 Å². The van der Waals surface area contributed by atoms with Crippen LogP contribution in [0.2, 0.25) is 0 Å². The third-order valence-electron chi connectivity index (χ3n) is 5.62. The number of benzene rings is 1. The van der Waals surface area contributed by atoms with E-state index in [9.17, 15) is 14.0 Å². The maximum atomic E-state index is 13.3. The Morgan fingerprint density at radius 3 is 2.79 bits per heavy atom. The smallest absolute Gasteiger partial charge is 0.317 e. The number of nitrogens with one attached hydrogen (secondary N) is 1. The molecular weight excluding hydrogens is 365 g/mol. The van der Waals surface area contributed by atoms with Gasteiger partial charge >= 0.3 is 5.97 Å². The number of carbonyl (C=O) groups is 2. The van der Waals surface area contributed by atoms with Gasteiger partial charge in [0, 0.05) is 30.6 Å². The lowest BCUT2D eigenvalue weighted by Gasteiger charge is -2.42. The SMILES string of the molecule is O=C(O)CN(CC1CC1)C1CC(NC(=O)C2CC(c3cccc(F)c3)=NO2)C1. The minimum atomic E-state index is -0.811. The molecule has 0 radical (unpaired) electrons. The van der Waals surface area contributed by atoms with E-state index in [-0.39, 0.29) is 30.4 Å². The maximum absolute atomic E-state index is 13.3. The van der Waals surface area contributed by atoms with Crippen molar-refractivity contribution in [2.24, 2.45) is 11.1 Å². The summed E-state index contributed by atoms with van der Waals surface area (Å²) >= 11 is 0. The van der Waals surface area contributed by atoms with Gasteiger partial charge < -0.3 is 15.3 Å². The summed E-state index contributed by atoms with van der Waals surface area (Å²) in [5.74, 6) is -0.774. The predicted octanol–water partition coefficient (Wildman–Crippen LogP) is 1.76. The Morgan fingerprint density at radius 1 is 1.32 bits per heavy atom. The third kappa shape index (κ3) is 4.49. The molecule has 0 saturated heterocycles. The van der Waals surface area contributed by atoms with Crippen LogP contribution in [0.1, 0.15) is 37.7 Å². The number of nitrogens with zero attached hydrogens (tertiary/aromatic N) is 2. The van der Waals surface area contributed by atoms with E-state index in [4.69, 9.17) is 9.94 Å². The molecule has 7 nitrogen and oxygen atoms in total. The van der Waals surface area contributed by atoms with Gasteiger partial charge in [0.1, 0.15) is 5.82 Å². The summed E-state index contributed by atoms with van der Waals surface area (Å²) in [6, 6.07) is 6.28. The van der Waals surface area contributed by atoms with Gasteiger partial charge in [0.2, 0.25) is 6.10 Å². The Morgan fingerprint density at radius 2 is 2.11 bits per heavy atom. The van der Waals surface area contributed by atoms with Crippen molar-refractivity contribution in [2.75, 3.05) is 13.1 Å². The molecule has 0 bridgehead atoms. The van der Waals surface area contributed by atoms with Crippen LogP contribution >= 0.6 is 0 Å². The molecule has 4 rings (SSSR count). The first kappa shape index (κ1) is 18.9. The van der Waals surface area contributed by atoms with Crippen molar-refractivity contribution in [3.8, 4) is 0 Å². The van der Waals surface area contributed by atoms with E-state index in [1.807, 2.05) is 4.90 Å². The number of amides is 1. The van der Waals surface area contributed by atoms with Gasteiger partial charge in [-0.05, 0) is 43.7 Å². The van der Waals surface area contributed by atoms with Crippen LogP contribution in [-0.4, -0.2) is 58.9 Å². The van der Waals surface area contributed by atoms with Crippen molar-refractivity contribution in [1.82, 2.24) is 10.2 Å². The largest absolute Gasteiger partial charge is 0.480 e. The van der Waals surface area contributed by atoms with Crippen LogP contribution < -0.4 is 5.32 Å². The molecule has 0 aromatic heterocycles. The molecule has 1 aliphatic heterocycles. The number of aliphatic carboxylic acids is 1. The van der Waals surface area contributed by atoms with Gasteiger partial charge in [0.25, 0.3) is 5.91 Å². The lowest BCUT2D eigenvalue weighted by molar-refractivity contribution is -0.140. The summed E-state index contributed by atoms with van der Waals surface area (Å²) in [5, 5.41) is 16.0. The number of hydrogen-bond acceptors (Lipinski definition) is 5. The van der Waals surface area contributed by atoms with Crippen molar-refractivity contribution >= 4 is 17.6 Å². The maximum Gasteiger partial charge on any atom is 0.317 e. The Balaban J connectivity index is 1.24.